The number of nitrogens with zero attached hydrogens (tertiary/aromatic N) is 2. The van der Waals surface area contributed by atoms with Gasteiger partial charge in [0.15, 0.2) is 5.95 Å². The summed E-state index contributed by atoms with van der Waals surface area (Å²) in [6, 6.07) is 0. The van der Waals surface area contributed by atoms with Crippen molar-refractivity contribution >= 4 is 13.9 Å². The summed E-state index contributed by atoms with van der Waals surface area (Å²) in [7, 11) is 5.27. The highest BCUT2D eigenvalue weighted by molar-refractivity contribution is 6.07. The molecule has 0 atom stereocenters. The van der Waals surface area contributed by atoms with Gasteiger partial charge in [-0.15, -0.1) is 0 Å². The fourth-order valence-electron chi connectivity index (χ4n) is 0.535. The van der Waals surface area contributed by atoms with Crippen LogP contribution in [0.25, 0.3) is 0 Å². The standard InChI is InChI=1S/C4H6BN3/c1-3-2-8(5)4(6)7-3/h2H,1H3,(H2,6,7). The molecule has 0 amide bonds. The van der Waals surface area contributed by atoms with Crippen LogP contribution < -0.4 is 5.73 Å². The number of rotatable bonds is 0. The molecule has 0 unspecified atom stereocenters. The number of hydrogen-bond donors (Lipinski definition) is 1. The Kier molecular flexibility index (Phi) is 1.01. The molecule has 3 nitrogen and oxygen atoms in total. The largest absolute Gasteiger partial charge is 0.374 e. The number of anilines is 1. The van der Waals surface area contributed by atoms with E-state index in [2.05, 4.69) is 4.98 Å². The molecule has 0 saturated carbocycles. The van der Waals surface area contributed by atoms with Crippen LogP contribution in [0.1, 0.15) is 5.69 Å². The number of imidazole rings is 1. The summed E-state index contributed by atoms with van der Waals surface area (Å²) in [5.41, 5.74) is 6.11. The van der Waals surface area contributed by atoms with Gasteiger partial charge >= 0.3 is 0 Å². The van der Waals surface area contributed by atoms with Crippen LogP contribution in [-0.2, 0) is 0 Å². The zero-order valence-electron chi connectivity index (χ0n) is 4.63. The van der Waals surface area contributed by atoms with Crippen LogP contribution in [0.4, 0.5) is 5.95 Å². The first-order valence-corrected chi connectivity index (χ1v) is 2.26. The Balaban J connectivity index is 3.14. The highest BCUT2D eigenvalue weighted by Gasteiger charge is 1.92. The van der Waals surface area contributed by atoms with Gasteiger partial charge in [0.05, 0.1) is 5.69 Å². The molecule has 1 rings (SSSR count). The van der Waals surface area contributed by atoms with E-state index in [-0.39, 0.29) is 0 Å². The Hall–Kier alpha value is -0.925. The van der Waals surface area contributed by atoms with Gasteiger partial charge < -0.3 is 10.2 Å². The highest BCUT2D eigenvalue weighted by atomic mass is 15.1. The maximum Gasteiger partial charge on any atom is 0.238 e. The molecule has 0 aliphatic rings. The Labute approximate surface area is 48.9 Å². The van der Waals surface area contributed by atoms with Gasteiger partial charge in [0.2, 0.25) is 7.98 Å². The van der Waals surface area contributed by atoms with Crippen molar-refractivity contribution in [1.29, 1.82) is 0 Å². The third-order valence-electron chi connectivity index (χ3n) is 0.881. The van der Waals surface area contributed by atoms with E-state index in [1.165, 1.54) is 4.48 Å². The van der Waals surface area contributed by atoms with Crippen molar-refractivity contribution in [3.05, 3.63) is 11.9 Å². The molecule has 0 saturated heterocycles. The predicted octanol–water partition coefficient (Wildman–Crippen LogP) is -0.295. The van der Waals surface area contributed by atoms with E-state index in [0.29, 0.717) is 5.95 Å². The van der Waals surface area contributed by atoms with E-state index >= 15 is 0 Å². The maximum absolute atomic E-state index is 5.27. The normalized spacial score (nSPS) is 9.62. The summed E-state index contributed by atoms with van der Waals surface area (Å²) in [6.45, 7) is 1.83. The minimum absolute atomic E-state index is 0.350. The van der Waals surface area contributed by atoms with Gasteiger partial charge in [0, 0.05) is 6.20 Å². The summed E-state index contributed by atoms with van der Waals surface area (Å²) in [6.07, 6.45) is 1.66. The van der Waals surface area contributed by atoms with E-state index in [1.54, 1.807) is 6.20 Å². The first-order valence-electron chi connectivity index (χ1n) is 2.26. The summed E-state index contributed by atoms with van der Waals surface area (Å²) in [5.74, 6) is 0.350. The fourth-order valence-corrected chi connectivity index (χ4v) is 0.535. The fraction of sp³-hybridized carbons (Fsp3) is 0.250. The zero-order chi connectivity index (χ0) is 6.15. The molecule has 0 bridgehead atoms. The zero-order valence-corrected chi connectivity index (χ0v) is 4.63. The molecule has 0 aliphatic heterocycles. The molecule has 40 valence electrons. The van der Waals surface area contributed by atoms with Gasteiger partial charge in [-0.1, -0.05) is 0 Å². The van der Waals surface area contributed by atoms with Crippen molar-refractivity contribution in [3.63, 3.8) is 0 Å². The van der Waals surface area contributed by atoms with Gasteiger partial charge in [-0.25, -0.2) is 4.98 Å². The van der Waals surface area contributed by atoms with Crippen LogP contribution in [0.5, 0.6) is 0 Å². The number of nitrogen functional groups attached to an aromatic ring is 1. The Bertz CT molecular complexity index is 174. The molecule has 4 heteroatoms. The second-order valence-corrected chi connectivity index (χ2v) is 1.65. The van der Waals surface area contributed by atoms with Gasteiger partial charge in [0.25, 0.3) is 0 Å². The van der Waals surface area contributed by atoms with Gasteiger partial charge in [0.1, 0.15) is 0 Å². The second-order valence-electron chi connectivity index (χ2n) is 1.65. The number of aromatic nitrogens is 2. The third kappa shape index (κ3) is 0.687. The molecule has 0 aliphatic carbocycles. The number of aryl methyl sites for hydroxylation is 1. The molecule has 0 fully saturated rings. The minimum atomic E-state index is 0.350. The topological polar surface area (TPSA) is 43.8 Å². The first-order chi connectivity index (χ1) is 3.70. The van der Waals surface area contributed by atoms with Gasteiger partial charge in [-0.05, 0) is 6.92 Å². The van der Waals surface area contributed by atoms with Crippen LogP contribution >= 0.6 is 0 Å². The Morgan fingerprint density at radius 3 is 2.62 bits per heavy atom. The molecule has 1 heterocycles. The van der Waals surface area contributed by atoms with Crippen molar-refractivity contribution in [2.24, 2.45) is 0 Å². The molecule has 1 aromatic heterocycles. The second kappa shape index (κ2) is 1.54. The lowest BCUT2D eigenvalue weighted by Gasteiger charge is -1.87. The maximum atomic E-state index is 5.27. The lowest BCUT2D eigenvalue weighted by atomic mass is 10.4. The Morgan fingerprint density at radius 1 is 1.88 bits per heavy atom. The summed E-state index contributed by atoms with van der Waals surface area (Å²) < 4.78 is 1.29. The summed E-state index contributed by atoms with van der Waals surface area (Å²) in [4.78, 5) is 3.83. The average Bonchev–Trinajstić information content (AvgIpc) is 1.85. The molecule has 0 spiro atoms. The van der Waals surface area contributed by atoms with Gasteiger partial charge in [-0.3, -0.25) is 0 Å². The highest BCUT2D eigenvalue weighted by Crippen LogP contribution is 1.97. The van der Waals surface area contributed by atoms with Crippen LogP contribution in [0.2, 0.25) is 0 Å². The molecular formula is C4H6BN3. The lowest BCUT2D eigenvalue weighted by molar-refractivity contribution is 1.22. The van der Waals surface area contributed by atoms with Crippen LogP contribution in [0.15, 0.2) is 6.20 Å². The van der Waals surface area contributed by atoms with E-state index in [9.17, 15) is 0 Å². The molecule has 0 aromatic carbocycles. The summed E-state index contributed by atoms with van der Waals surface area (Å²) in [5, 5.41) is 0. The predicted molar refractivity (Wildman–Crippen MR) is 32.5 cm³/mol. The SMILES string of the molecule is [B]n1cc(C)nc1N. The smallest absolute Gasteiger partial charge is 0.238 e. The van der Waals surface area contributed by atoms with Crippen LogP contribution in [0, 0.1) is 6.92 Å². The van der Waals surface area contributed by atoms with Crippen LogP contribution in [0.3, 0.4) is 0 Å². The van der Waals surface area contributed by atoms with Gasteiger partial charge in [-0.2, -0.15) is 0 Å². The van der Waals surface area contributed by atoms with Crippen LogP contribution in [-0.4, -0.2) is 17.4 Å². The van der Waals surface area contributed by atoms with Crippen molar-refractivity contribution in [3.8, 4) is 0 Å². The Morgan fingerprint density at radius 2 is 2.50 bits per heavy atom. The van der Waals surface area contributed by atoms with Crippen molar-refractivity contribution in [1.82, 2.24) is 9.46 Å². The lowest BCUT2D eigenvalue weighted by Crippen LogP contribution is -1.97. The van der Waals surface area contributed by atoms with Crippen molar-refractivity contribution in [2.45, 2.75) is 6.92 Å². The van der Waals surface area contributed by atoms with E-state index in [1.807, 2.05) is 6.92 Å². The van der Waals surface area contributed by atoms with E-state index < -0.39 is 0 Å². The molecule has 8 heavy (non-hydrogen) atoms. The minimum Gasteiger partial charge on any atom is -0.374 e. The third-order valence-corrected chi connectivity index (χ3v) is 0.881. The number of hydrogen-bond acceptors (Lipinski definition) is 2. The molecule has 2 N–H and O–H groups in total. The van der Waals surface area contributed by atoms with Crippen molar-refractivity contribution < 1.29 is 0 Å². The molecule has 1 aromatic rings. The van der Waals surface area contributed by atoms with Crippen molar-refractivity contribution in [2.75, 3.05) is 5.73 Å². The number of nitrogens with two attached hydrogens (primary N) is 1. The average molecular weight is 107 g/mol. The molecule has 2 radical (unpaired) electrons. The quantitative estimate of drug-likeness (QED) is 0.462. The van der Waals surface area contributed by atoms with E-state index in [0.717, 1.165) is 5.69 Å². The van der Waals surface area contributed by atoms with E-state index in [4.69, 9.17) is 13.7 Å². The molecular weight excluding hydrogens is 101 g/mol. The first kappa shape index (κ1) is 5.22. The monoisotopic (exact) mass is 107 g/mol. The summed E-state index contributed by atoms with van der Waals surface area (Å²) >= 11 is 0.